The van der Waals surface area contributed by atoms with Crippen LogP contribution < -0.4 is 19.0 Å². The van der Waals surface area contributed by atoms with E-state index in [2.05, 4.69) is 14.9 Å². The van der Waals surface area contributed by atoms with E-state index in [9.17, 15) is 0 Å². The fraction of sp³-hybridized carbons (Fsp3) is 0.273. The zero-order valence-electron chi connectivity index (χ0n) is 16.7. The lowest BCUT2D eigenvalue weighted by Gasteiger charge is -2.13. The van der Waals surface area contributed by atoms with Crippen molar-refractivity contribution in [3.05, 3.63) is 52.6 Å². The van der Waals surface area contributed by atoms with Crippen LogP contribution in [0.3, 0.4) is 0 Å². The minimum atomic E-state index is 0.691. The summed E-state index contributed by atoms with van der Waals surface area (Å²) in [5.74, 6) is 3.12. The van der Waals surface area contributed by atoms with Gasteiger partial charge in [-0.2, -0.15) is 0 Å². The maximum atomic E-state index is 5.50. The molecule has 3 aromatic rings. The molecule has 0 saturated heterocycles. The van der Waals surface area contributed by atoms with Crippen LogP contribution in [0.5, 0.6) is 17.2 Å². The molecule has 1 aliphatic heterocycles. The standard InChI is InChI=1S/C22H23N3O3S/c1-26-17-9-7-16(8-10-17)25-18(14-29-22(25)24-21-5-4-12-23-21)15-6-11-19(27-2)20(13-15)28-3/h6-11,13-14H,4-5,12H2,1-3H3. The average molecular weight is 410 g/mol. The zero-order chi connectivity index (χ0) is 20.2. The van der Waals surface area contributed by atoms with Crippen molar-refractivity contribution < 1.29 is 14.2 Å². The molecular weight excluding hydrogens is 386 g/mol. The van der Waals surface area contributed by atoms with E-state index in [1.807, 2.05) is 42.5 Å². The predicted molar refractivity (Wildman–Crippen MR) is 116 cm³/mol. The summed E-state index contributed by atoms with van der Waals surface area (Å²) in [4.78, 5) is 10.2. The Hall–Kier alpha value is -3.06. The Balaban J connectivity index is 1.89. The summed E-state index contributed by atoms with van der Waals surface area (Å²) in [6.07, 6.45) is 1.99. The van der Waals surface area contributed by atoms with Crippen LogP contribution in [0.2, 0.25) is 0 Å². The number of benzene rings is 2. The second-order valence-corrected chi connectivity index (χ2v) is 7.36. The van der Waals surface area contributed by atoms with E-state index in [0.29, 0.717) is 11.5 Å². The van der Waals surface area contributed by atoms with Crippen LogP contribution in [0, 0.1) is 0 Å². The van der Waals surface area contributed by atoms with Gasteiger partial charge in [0, 0.05) is 29.6 Å². The highest BCUT2D eigenvalue weighted by Gasteiger charge is 2.14. The molecule has 1 aromatic heterocycles. The molecule has 0 radical (unpaired) electrons. The first kappa shape index (κ1) is 19.3. The van der Waals surface area contributed by atoms with Crippen LogP contribution in [-0.4, -0.2) is 38.3 Å². The molecule has 0 unspecified atom stereocenters. The summed E-state index contributed by atoms with van der Waals surface area (Å²) in [5.41, 5.74) is 3.05. The van der Waals surface area contributed by atoms with Crippen molar-refractivity contribution in [1.29, 1.82) is 0 Å². The Morgan fingerprint density at radius 2 is 1.76 bits per heavy atom. The highest BCUT2D eigenvalue weighted by atomic mass is 32.1. The smallest absolute Gasteiger partial charge is 0.196 e. The predicted octanol–water partition coefficient (Wildman–Crippen LogP) is 4.32. The molecule has 0 fully saturated rings. The van der Waals surface area contributed by atoms with E-state index in [1.54, 1.807) is 32.7 Å². The molecule has 2 heterocycles. The van der Waals surface area contributed by atoms with Gasteiger partial charge in [-0.15, -0.1) is 11.3 Å². The van der Waals surface area contributed by atoms with E-state index in [1.165, 1.54) is 0 Å². The molecule has 0 N–H and O–H groups in total. The van der Waals surface area contributed by atoms with Gasteiger partial charge in [0.05, 0.1) is 27.0 Å². The number of ether oxygens (including phenoxy) is 3. The van der Waals surface area contributed by atoms with E-state index < -0.39 is 0 Å². The molecule has 0 atom stereocenters. The molecule has 0 amide bonds. The number of nitrogens with zero attached hydrogens (tertiary/aromatic N) is 3. The van der Waals surface area contributed by atoms with Crippen LogP contribution in [-0.2, 0) is 0 Å². The minimum absolute atomic E-state index is 0.691. The molecule has 7 heteroatoms. The average Bonchev–Trinajstić information content (AvgIpc) is 3.43. The zero-order valence-corrected chi connectivity index (χ0v) is 17.5. The fourth-order valence-electron chi connectivity index (χ4n) is 3.29. The second-order valence-electron chi connectivity index (χ2n) is 6.52. The molecular formula is C22H23N3O3S. The molecule has 0 saturated carbocycles. The summed E-state index contributed by atoms with van der Waals surface area (Å²) < 4.78 is 18.3. The summed E-state index contributed by atoms with van der Waals surface area (Å²) in [5, 5.41) is 2.11. The van der Waals surface area contributed by atoms with Crippen molar-refractivity contribution in [3.8, 4) is 34.2 Å². The monoisotopic (exact) mass is 409 g/mol. The van der Waals surface area contributed by atoms with Gasteiger partial charge in [-0.3, -0.25) is 9.56 Å². The Bertz CT molecular complexity index is 1100. The largest absolute Gasteiger partial charge is 0.497 e. The van der Waals surface area contributed by atoms with Crippen molar-refractivity contribution >= 4 is 17.2 Å². The number of thiazole rings is 1. The number of aromatic nitrogens is 1. The van der Waals surface area contributed by atoms with Gasteiger partial charge < -0.3 is 14.2 Å². The van der Waals surface area contributed by atoms with Gasteiger partial charge in [0.25, 0.3) is 0 Å². The third-order valence-corrected chi connectivity index (χ3v) is 5.62. The molecule has 2 aromatic carbocycles. The number of aliphatic imine (C=N–C) groups is 1. The van der Waals surface area contributed by atoms with Gasteiger partial charge in [-0.25, -0.2) is 4.99 Å². The summed E-state index contributed by atoms with van der Waals surface area (Å²) in [7, 11) is 4.95. The Kier molecular flexibility index (Phi) is 5.67. The molecule has 0 aliphatic carbocycles. The van der Waals surface area contributed by atoms with Crippen LogP contribution in [0.25, 0.3) is 16.9 Å². The summed E-state index contributed by atoms with van der Waals surface area (Å²) in [6, 6.07) is 13.9. The Morgan fingerprint density at radius 3 is 2.41 bits per heavy atom. The molecule has 29 heavy (non-hydrogen) atoms. The summed E-state index contributed by atoms with van der Waals surface area (Å²) >= 11 is 1.60. The number of amidine groups is 1. The Labute approximate surface area is 173 Å². The third-order valence-electron chi connectivity index (χ3n) is 4.80. The number of rotatable bonds is 5. The van der Waals surface area contributed by atoms with Gasteiger partial charge in [0.1, 0.15) is 11.6 Å². The third kappa shape index (κ3) is 3.91. The lowest BCUT2D eigenvalue weighted by atomic mass is 10.1. The molecule has 0 bridgehead atoms. The molecule has 150 valence electrons. The first-order chi connectivity index (χ1) is 14.2. The van der Waals surface area contributed by atoms with Gasteiger partial charge in [0.2, 0.25) is 0 Å². The SMILES string of the molecule is COc1ccc(-n2c(-c3ccc(OC)c(OC)c3)csc2=NC2=NCCC2)cc1. The van der Waals surface area contributed by atoms with Crippen LogP contribution in [0.15, 0.2) is 57.8 Å². The van der Waals surface area contributed by atoms with E-state index in [4.69, 9.17) is 19.2 Å². The van der Waals surface area contributed by atoms with Gasteiger partial charge in [-0.05, 0) is 48.9 Å². The van der Waals surface area contributed by atoms with Crippen molar-refractivity contribution in [1.82, 2.24) is 4.57 Å². The second kappa shape index (κ2) is 8.53. The number of hydrogen-bond acceptors (Lipinski definition) is 6. The lowest BCUT2D eigenvalue weighted by Crippen LogP contribution is -2.16. The highest BCUT2D eigenvalue weighted by molar-refractivity contribution is 7.07. The van der Waals surface area contributed by atoms with Gasteiger partial charge >= 0.3 is 0 Å². The Morgan fingerprint density at radius 1 is 0.966 bits per heavy atom. The van der Waals surface area contributed by atoms with Crippen LogP contribution >= 0.6 is 11.3 Å². The fourth-order valence-corrected chi connectivity index (χ4v) is 4.22. The molecule has 4 rings (SSSR count). The van der Waals surface area contributed by atoms with Crippen molar-refractivity contribution in [2.45, 2.75) is 12.8 Å². The highest BCUT2D eigenvalue weighted by Crippen LogP contribution is 2.33. The number of methoxy groups -OCH3 is 3. The van der Waals surface area contributed by atoms with Crippen molar-refractivity contribution in [2.24, 2.45) is 9.98 Å². The maximum absolute atomic E-state index is 5.50. The number of hydrogen-bond donors (Lipinski definition) is 0. The minimum Gasteiger partial charge on any atom is -0.497 e. The normalized spacial score (nSPS) is 14.0. The maximum Gasteiger partial charge on any atom is 0.196 e. The van der Waals surface area contributed by atoms with Crippen molar-refractivity contribution in [2.75, 3.05) is 27.9 Å². The molecule has 6 nitrogen and oxygen atoms in total. The van der Waals surface area contributed by atoms with Crippen molar-refractivity contribution in [3.63, 3.8) is 0 Å². The van der Waals surface area contributed by atoms with E-state index >= 15 is 0 Å². The molecule has 1 aliphatic rings. The lowest BCUT2D eigenvalue weighted by molar-refractivity contribution is 0.355. The van der Waals surface area contributed by atoms with E-state index in [0.717, 1.165) is 52.7 Å². The molecule has 0 spiro atoms. The van der Waals surface area contributed by atoms with Crippen LogP contribution in [0.1, 0.15) is 12.8 Å². The van der Waals surface area contributed by atoms with Gasteiger partial charge in [-0.1, -0.05) is 0 Å². The van der Waals surface area contributed by atoms with Crippen LogP contribution in [0.4, 0.5) is 0 Å². The van der Waals surface area contributed by atoms with Gasteiger partial charge in [0.15, 0.2) is 16.3 Å². The first-order valence-corrected chi connectivity index (χ1v) is 10.3. The summed E-state index contributed by atoms with van der Waals surface area (Å²) in [6.45, 7) is 0.856. The topological polar surface area (TPSA) is 57.3 Å². The quantitative estimate of drug-likeness (QED) is 0.630. The van der Waals surface area contributed by atoms with E-state index in [-0.39, 0.29) is 0 Å². The first-order valence-electron chi connectivity index (χ1n) is 9.39.